The monoisotopic (exact) mass is 345 g/mol. The van der Waals surface area contributed by atoms with E-state index >= 15 is 0 Å². The molecule has 1 aromatic rings. The number of fused-ring (bicyclic) bond motifs is 1. The number of carbonyl (C=O) groups is 1. The van der Waals surface area contributed by atoms with Crippen molar-refractivity contribution in [3.8, 4) is 0 Å². The van der Waals surface area contributed by atoms with Gasteiger partial charge in [-0.1, -0.05) is 19.9 Å². The molecule has 6 nitrogen and oxygen atoms in total. The number of methoxy groups -OCH3 is 1. The minimum atomic E-state index is -0.349. The number of anilines is 1. The van der Waals surface area contributed by atoms with Crippen LogP contribution in [-0.2, 0) is 14.3 Å². The van der Waals surface area contributed by atoms with Crippen molar-refractivity contribution < 1.29 is 14.3 Å². The zero-order valence-electron chi connectivity index (χ0n) is 15.6. The molecule has 0 spiro atoms. The number of rotatable bonds is 6. The van der Waals surface area contributed by atoms with E-state index in [4.69, 9.17) is 16.0 Å². The second-order valence-corrected chi connectivity index (χ2v) is 7.38. The number of hydrogen-bond acceptors (Lipinski definition) is 5. The van der Waals surface area contributed by atoms with Crippen molar-refractivity contribution in [1.82, 2.24) is 4.90 Å². The molecule has 6 heteroatoms. The number of ether oxygens (including phenoxy) is 2. The zero-order chi connectivity index (χ0) is 18.6. The Morgan fingerprint density at radius 1 is 1.44 bits per heavy atom. The summed E-state index contributed by atoms with van der Waals surface area (Å²) in [6, 6.07) is 6.11. The molecule has 1 aliphatic heterocycles. The van der Waals surface area contributed by atoms with Gasteiger partial charge in [0.05, 0.1) is 13.2 Å². The van der Waals surface area contributed by atoms with E-state index in [-0.39, 0.29) is 30.1 Å². The lowest BCUT2D eigenvalue weighted by Gasteiger charge is -2.43. The van der Waals surface area contributed by atoms with Crippen LogP contribution in [0.1, 0.15) is 31.9 Å². The summed E-state index contributed by atoms with van der Waals surface area (Å²) in [6.07, 6.45) is 0.871. The van der Waals surface area contributed by atoms with Crippen LogP contribution < -0.4 is 5.32 Å². The van der Waals surface area contributed by atoms with Crippen LogP contribution in [0.3, 0.4) is 0 Å². The van der Waals surface area contributed by atoms with Crippen LogP contribution in [0.4, 0.5) is 11.4 Å². The molecule has 0 aliphatic carbocycles. The second kappa shape index (κ2) is 7.85. The van der Waals surface area contributed by atoms with E-state index in [0.29, 0.717) is 12.3 Å². The highest BCUT2D eigenvalue weighted by atomic mass is 16.6. The van der Waals surface area contributed by atoms with Gasteiger partial charge < -0.3 is 19.7 Å². The number of nitrogens with one attached hydrogen (secondary N) is 1. The highest BCUT2D eigenvalue weighted by Gasteiger charge is 2.38. The summed E-state index contributed by atoms with van der Waals surface area (Å²) in [6.45, 7) is 11.7. The van der Waals surface area contributed by atoms with Crippen molar-refractivity contribution in [2.75, 3.05) is 39.7 Å². The Morgan fingerprint density at radius 3 is 2.76 bits per heavy atom. The Kier molecular flexibility index (Phi) is 6.04. The smallest absolute Gasteiger partial charge is 0.332 e. The van der Waals surface area contributed by atoms with Gasteiger partial charge in [-0.05, 0) is 38.2 Å². The molecule has 0 radical (unpaired) electrons. The molecule has 2 unspecified atom stereocenters. The van der Waals surface area contributed by atoms with Gasteiger partial charge in [0.2, 0.25) is 0 Å². The quantitative estimate of drug-likeness (QED) is 0.634. The Bertz CT molecular complexity index is 664. The minimum Gasteiger partial charge on any atom is -0.463 e. The van der Waals surface area contributed by atoms with Crippen LogP contribution >= 0.6 is 0 Å². The van der Waals surface area contributed by atoms with Crippen molar-refractivity contribution in [2.45, 2.75) is 32.4 Å². The van der Waals surface area contributed by atoms with Gasteiger partial charge in [-0.3, -0.25) is 0 Å². The van der Waals surface area contributed by atoms with E-state index in [1.165, 1.54) is 7.11 Å². The van der Waals surface area contributed by atoms with Crippen molar-refractivity contribution in [3.05, 3.63) is 35.2 Å². The standard InChI is InChI=1S/C19H27N3O3/c1-19(2,12-25-18(23)11-24-6)17-10-16(22(4)5)14-9-13(20-3)7-8-15(14)21-17/h7-9,16-17,21H,10-12H2,1-2,4-6H3. The van der Waals surface area contributed by atoms with Crippen LogP contribution in [-0.4, -0.2) is 51.3 Å². The predicted molar refractivity (Wildman–Crippen MR) is 97.8 cm³/mol. The summed E-state index contributed by atoms with van der Waals surface area (Å²) in [4.78, 5) is 17.3. The lowest BCUT2D eigenvalue weighted by atomic mass is 9.77. The first-order valence-electron chi connectivity index (χ1n) is 8.37. The molecular formula is C19H27N3O3. The van der Waals surface area contributed by atoms with Crippen molar-refractivity contribution in [3.63, 3.8) is 0 Å². The molecule has 0 bridgehead atoms. The number of benzene rings is 1. The van der Waals surface area contributed by atoms with E-state index in [2.05, 4.69) is 28.9 Å². The molecule has 1 heterocycles. The second-order valence-electron chi connectivity index (χ2n) is 7.38. The van der Waals surface area contributed by atoms with Crippen LogP contribution in [0.5, 0.6) is 0 Å². The summed E-state index contributed by atoms with van der Waals surface area (Å²) in [5.41, 5.74) is 2.59. The molecule has 1 aliphatic rings. The molecule has 0 saturated carbocycles. The van der Waals surface area contributed by atoms with Crippen LogP contribution in [0, 0.1) is 12.0 Å². The van der Waals surface area contributed by atoms with E-state index < -0.39 is 0 Å². The fourth-order valence-corrected chi connectivity index (χ4v) is 3.15. The fraction of sp³-hybridized carbons (Fsp3) is 0.579. The van der Waals surface area contributed by atoms with Crippen LogP contribution in [0.15, 0.2) is 18.2 Å². The third-order valence-electron chi connectivity index (χ3n) is 4.75. The van der Waals surface area contributed by atoms with Crippen molar-refractivity contribution >= 4 is 17.3 Å². The number of esters is 1. The summed E-state index contributed by atoms with van der Waals surface area (Å²) in [5.74, 6) is -0.349. The van der Waals surface area contributed by atoms with Gasteiger partial charge in [-0.2, -0.15) is 0 Å². The molecule has 2 atom stereocenters. The average Bonchev–Trinajstić information content (AvgIpc) is 2.58. The molecule has 2 rings (SSSR count). The maximum atomic E-state index is 11.6. The highest BCUT2D eigenvalue weighted by molar-refractivity contribution is 5.70. The third-order valence-corrected chi connectivity index (χ3v) is 4.75. The van der Waals surface area contributed by atoms with E-state index in [1.807, 2.05) is 32.3 Å². The van der Waals surface area contributed by atoms with Gasteiger partial charge in [0, 0.05) is 30.3 Å². The molecule has 0 fully saturated rings. The molecule has 0 amide bonds. The topological polar surface area (TPSA) is 55.2 Å². The number of hydrogen-bond donors (Lipinski definition) is 1. The lowest BCUT2D eigenvalue weighted by Crippen LogP contribution is -2.45. The Morgan fingerprint density at radius 2 is 2.16 bits per heavy atom. The molecular weight excluding hydrogens is 318 g/mol. The van der Waals surface area contributed by atoms with Gasteiger partial charge in [0.1, 0.15) is 6.61 Å². The molecule has 0 aromatic heterocycles. The average molecular weight is 345 g/mol. The zero-order valence-corrected chi connectivity index (χ0v) is 15.6. The Hall–Kier alpha value is -2.10. The van der Waals surface area contributed by atoms with E-state index in [9.17, 15) is 4.79 Å². The number of carbonyl (C=O) groups excluding carboxylic acids is 1. The molecule has 136 valence electrons. The van der Waals surface area contributed by atoms with Gasteiger partial charge in [0.15, 0.2) is 5.69 Å². The van der Waals surface area contributed by atoms with Crippen molar-refractivity contribution in [1.29, 1.82) is 0 Å². The first kappa shape index (κ1) is 19.2. The first-order chi connectivity index (χ1) is 11.8. The van der Waals surface area contributed by atoms with Gasteiger partial charge >= 0.3 is 5.97 Å². The summed E-state index contributed by atoms with van der Waals surface area (Å²) < 4.78 is 10.2. The van der Waals surface area contributed by atoms with Crippen LogP contribution in [0.25, 0.3) is 4.85 Å². The SMILES string of the molecule is [C-]#[N+]c1ccc2c(c1)C(N(C)C)CC(C(C)(C)COC(=O)COC)N2. The third kappa shape index (κ3) is 4.50. The first-order valence-corrected chi connectivity index (χ1v) is 8.37. The summed E-state index contributed by atoms with van der Waals surface area (Å²) in [5, 5.41) is 3.58. The summed E-state index contributed by atoms with van der Waals surface area (Å²) in [7, 11) is 5.57. The van der Waals surface area contributed by atoms with Crippen molar-refractivity contribution in [2.24, 2.45) is 5.41 Å². The maximum absolute atomic E-state index is 11.6. The lowest BCUT2D eigenvalue weighted by molar-refractivity contribution is -0.151. The Labute approximate surface area is 149 Å². The van der Waals surface area contributed by atoms with Gasteiger partial charge in [-0.15, -0.1) is 0 Å². The molecule has 25 heavy (non-hydrogen) atoms. The Balaban J connectivity index is 2.20. The normalized spacial score (nSPS) is 19.7. The molecule has 1 aromatic carbocycles. The fourth-order valence-electron chi connectivity index (χ4n) is 3.15. The van der Waals surface area contributed by atoms with Gasteiger partial charge in [-0.25, -0.2) is 9.64 Å². The maximum Gasteiger partial charge on any atom is 0.332 e. The summed E-state index contributed by atoms with van der Waals surface area (Å²) >= 11 is 0. The number of nitrogens with zero attached hydrogens (tertiary/aromatic N) is 2. The van der Waals surface area contributed by atoms with E-state index in [1.54, 1.807) is 0 Å². The van der Waals surface area contributed by atoms with Gasteiger partial charge in [0.25, 0.3) is 0 Å². The molecule has 1 N–H and O–H groups in total. The van der Waals surface area contributed by atoms with Crippen LogP contribution in [0.2, 0.25) is 0 Å². The highest BCUT2D eigenvalue weighted by Crippen LogP contribution is 2.42. The molecule has 0 saturated heterocycles. The predicted octanol–water partition coefficient (Wildman–Crippen LogP) is 3.24. The largest absolute Gasteiger partial charge is 0.463 e. The minimum absolute atomic E-state index is 0.0310. The van der Waals surface area contributed by atoms with E-state index in [0.717, 1.165) is 17.7 Å².